The number of rotatable bonds is 3. The van der Waals surface area contributed by atoms with Gasteiger partial charge in [0.1, 0.15) is 5.82 Å². The Morgan fingerprint density at radius 3 is 2.69 bits per heavy atom. The van der Waals surface area contributed by atoms with E-state index in [1.807, 2.05) is 48.5 Å². The Bertz CT molecular complexity index is 1290. The summed E-state index contributed by atoms with van der Waals surface area (Å²) in [4.78, 5) is 13.2. The number of nitrogens with one attached hydrogen (secondary N) is 1. The molecule has 1 aliphatic rings. The van der Waals surface area contributed by atoms with Crippen LogP contribution in [0.5, 0.6) is 0 Å². The average molecular weight is 422 g/mol. The summed E-state index contributed by atoms with van der Waals surface area (Å²) in [6.45, 7) is 0. The molecule has 0 aliphatic carbocycles. The summed E-state index contributed by atoms with van der Waals surface area (Å²) in [7, 11) is -1.00. The Morgan fingerprint density at radius 1 is 1.03 bits per heavy atom. The minimum absolute atomic E-state index is 0.231. The van der Waals surface area contributed by atoms with E-state index in [-0.39, 0.29) is 5.91 Å². The molecule has 3 aromatic carbocycles. The summed E-state index contributed by atoms with van der Waals surface area (Å²) in [5.41, 5.74) is 2.88. The third kappa shape index (κ3) is 3.24. The number of halogens is 1. The predicted molar refractivity (Wildman–Crippen MR) is 116 cm³/mol. The lowest BCUT2D eigenvalue weighted by molar-refractivity contribution is 0.102. The number of amides is 1. The minimum atomic E-state index is -1.00. The second-order valence-corrected chi connectivity index (χ2v) is 8.77. The van der Waals surface area contributed by atoms with Crippen molar-refractivity contribution in [1.82, 2.24) is 9.78 Å². The molecule has 0 fully saturated rings. The number of anilines is 1. The summed E-state index contributed by atoms with van der Waals surface area (Å²) in [5, 5.41) is 10.1. The van der Waals surface area contributed by atoms with Crippen LogP contribution >= 0.6 is 11.6 Å². The fourth-order valence-electron chi connectivity index (χ4n) is 3.65. The molecule has 1 atom stereocenters. The number of benzene rings is 3. The lowest BCUT2D eigenvalue weighted by Gasteiger charge is -2.12. The van der Waals surface area contributed by atoms with Gasteiger partial charge in [0, 0.05) is 26.9 Å². The van der Waals surface area contributed by atoms with Gasteiger partial charge < -0.3 is 5.32 Å². The number of carbonyl (C=O) groups excluding carboxylic acids is 1. The third-order valence-corrected chi connectivity index (χ3v) is 6.43. The first-order chi connectivity index (χ1) is 14.1. The molecule has 144 valence electrons. The number of hydrogen-bond acceptors (Lipinski definition) is 3. The van der Waals surface area contributed by atoms with Gasteiger partial charge in [-0.15, -0.1) is 0 Å². The molecule has 0 saturated heterocycles. The van der Waals surface area contributed by atoms with E-state index in [4.69, 9.17) is 11.6 Å². The van der Waals surface area contributed by atoms with Gasteiger partial charge in [-0.2, -0.15) is 5.10 Å². The van der Waals surface area contributed by atoms with Crippen LogP contribution in [0.2, 0.25) is 5.02 Å². The second kappa shape index (κ2) is 7.13. The SMILES string of the molecule is O=C(Nc1c2c(nn1-c1cccc(Cl)c1)CS(=O)C2)c1cccc2ccccc12. The van der Waals surface area contributed by atoms with Crippen LogP contribution in [-0.4, -0.2) is 19.9 Å². The fraction of sp³-hybridized carbons (Fsp3) is 0.0909. The van der Waals surface area contributed by atoms with E-state index < -0.39 is 10.8 Å². The first-order valence-corrected chi connectivity index (χ1v) is 11.0. The molecule has 1 aromatic heterocycles. The molecule has 5 rings (SSSR count). The van der Waals surface area contributed by atoms with Gasteiger partial charge >= 0.3 is 0 Å². The lowest BCUT2D eigenvalue weighted by Crippen LogP contribution is -2.17. The normalized spacial score (nSPS) is 15.4. The zero-order chi connectivity index (χ0) is 20.0. The highest BCUT2D eigenvalue weighted by Crippen LogP contribution is 2.32. The van der Waals surface area contributed by atoms with Crippen molar-refractivity contribution in [2.75, 3.05) is 5.32 Å². The predicted octanol–water partition coefficient (Wildman–Crippen LogP) is 4.69. The number of fused-ring (bicyclic) bond motifs is 2. The van der Waals surface area contributed by atoms with Crippen molar-refractivity contribution >= 4 is 44.9 Å². The molecule has 0 radical (unpaired) electrons. The van der Waals surface area contributed by atoms with Crippen LogP contribution in [0.1, 0.15) is 21.6 Å². The van der Waals surface area contributed by atoms with Crippen molar-refractivity contribution in [3.8, 4) is 5.69 Å². The quantitative estimate of drug-likeness (QED) is 0.521. The summed E-state index contributed by atoms with van der Waals surface area (Å²) >= 11 is 6.15. The molecule has 29 heavy (non-hydrogen) atoms. The molecule has 1 amide bonds. The van der Waals surface area contributed by atoms with E-state index in [9.17, 15) is 9.00 Å². The monoisotopic (exact) mass is 421 g/mol. The smallest absolute Gasteiger partial charge is 0.257 e. The summed E-state index contributed by atoms with van der Waals surface area (Å²) < 4.78 is 13.8. The van der Waals surface area contributed by atoms with Gasteiger partial charge in [0.05, 0.1) is 22.9 Å². The Kier molecular flexibility index (Phi) is 4.45. The highest BCUT2D eigenvalue weighted by atomic mass is 35.5. The molecular formula is C22H16ClN3O2S. The molecular weight excluding hydrogens is 406 g/mol. The Labute approximate surface area is 174 Å². The maximum Gasteiger partial charge on any atom is 0.257 e. The van der Waals surface area contributed by atoms with Crippen LogP contribution in [0.15, 0.2) is 66.7 Å². The fourth-order valence-corrected chi connectivity index (χ4v) is 5.10. The van der Waals surface area contributed by atoms with Crippen LogP contribution in [-0.2, 0) is 22.3 Å². The standard InChI is InChI=1S/C22H16ClN3O2S/c23-15-7-4-8-16(11-15)26-21(19-12-29(28)13-20(19)25-26)24-22(27)18-10-3-6-14-5-1-2-9-17(14)18/h1-11H,12-13H2,(H,24,27). The summed E-state index contributed by atoms with van der Waals surface area (Å²) in [6.07, 6.45) is 0. The maximum atomic E-state index is 13.2. The van der Waals surface area contributed by atoms with Gasteiger partial charge in [-0.3, -0.25) is 9.00 Å². The van der Waals surface area contributed by atoms with Gasteiger partial charge in [0.2, 0.25) is 0 Å². The Morgan fingerprint density at radius 2 is 1.83 bits per heavy atom. The number of hydrogen-bond donors (Lipinski definition) is 1. The first-order valence-electron chi connectivity index (χ1n) is 9.11. The van der Waals surface area contributed by atoms with Gasteiger partial charge in [-0.05, 0) is 35.0 Å². The number of nitrogens with zero attached hydrogens (tertiary/aromatic N) is 2. The van der Waals surface area contributed by atoms with Gasteiger partial charge in [0.15, 0.2) is 0 Å². The topological polar surface area (TPSA) is 64.0 Å². The molecule has 0 bridgehead atoms. The number of carbonyl (C=O) groups is 1. The molecule has 1 unspecified atom stereocenters. The molecule has 1 N–H and O–H groups in total. The van der Waals surface area contributed by atoms with E-state index in [0.29, 0.717) is 27.9 Å². The van der Waals surface area contributed by atoms with Gasteiger partial charge in [-0.1, -0.05) is 54.1 Å². The Balaban J connectivity index is 1.60. The maximum absolute atomic E-state index is 13.2. The molecule has 1 aliphatic heterocycles. The average Bonchev–Trinajstić information content (AvgIpc) is 3.24. The van der Waals surface area contributed by atoms with Crippen LogP contribution in [0.4, 0.5) is 5.82 Å². The summed E-state index contributed by atoms with van der Waals surface area (Å²) in [6, 6.07) is 20.7. The summed E-state index contributed by atoms with van der Waals surface area (Å²) in [5.74, 6) is 1.08. The van der Waals surface area contributed by atoms with E-state index in [2.05, 4.69) is 10.4 Å². The van der Waals surface area contributed by atoms with E-state index in [1.54, 1.807) is 22.9 Å². The lowest BCUT2D eigenvalue weighted by atomic mass is 10.0. The van der Waals surface area contributed by atoms with Crippen molar-refractivity contribution < 1.29 is 9.00 Å². The molecule has 7 heteroatoms. The first kappa shape index (κ1) is 18.1. The number of aromatic nitrogens is 2. The highest BCUT2D eigenvalue weighted by Gasteiger charge is 2.28. The van der Waals surface area contributed by atoms with Crippen molar-refractivity contribution in [3.63, 3.8) is 0 Å². The van der Waals surface area contributed by atoms with E-state index >= 15 is 0 Å². The van der Waals surface area contributed by atoms with Crippen molar-refractivity contribution in [3.05, 3.63) is 88.6 Å². The third-order valence-electron chi connectivity index (χ3n) is 4.99. The molecule has 0 saturated carbocycles. The zero-order valence-corrected chi connectivity index (χ0v) is 16.8. The Hall–Kier alpha value is -2.96. The van der Waals surface area contributed by atoms with Gasteiger partial charge in [0.25, 0.3) is 5.91 Å². The van der Waals surface area contributed by atoms with Gasteiger partial charge in [-0.25, -0.2) is 4.68 Å². The minimum Gasteiger partial charge on any atom is -0.306 e. The van der Waals surface area contributed by atoms with E-state index in [1.165, 1.54) is 0 Å². The molecule has 0 spiro atoms. The molecule has 2 heterocycles. The largest absolute Gasteiger partial charge is 0.306 e. The van der Waals surface area contributed by atoms with Crippen molar-refractivity contribution in [2.24, 2.45) is 0 Å². The van der Waals surface area contributed by atoms with Crippen LogP contribution in [0.3, 0.4) is 0 Å². The van der Waals surface area contributed by atoms with Crippen LogP contribution in [0.25, 0.3) is 16.5 Å². The van der Waals surface area contributed by atoms with Crippen molar-refractivity contribution in [1.29, 1.82) is 0 Å². The van der Waals surface area contributed by atoms with Crippen LogP contribution < -0.4 is 5.32 Å². The van der Waals surface area contributed by atoms with E-state index in [0.717, 1.165) is 27.7 Å². The zero-order valence-electron chi connectivity index (χ0n) is 15.3. The molecule has 4 aromatic rings. The second-order valence-electron chi connectivity index (χ2n) is 6.87. The molecule has 5 nitrogen and oxygen atoms in total. The van der Waals surface area contributed by atoms with Crippen LogP contribution in [0, 0.1) is 0 Å². The van der Waals surface area contributed by atoms with Crippen molar-refractivity contribution in [2.45, 2.75) is 11.5 Å². The highest BCUT2D eigenvalue weighted by molar-refractivity contribution is 7.83.